The minimum absolute atomic E-state index is 0.0638. The monoisotopic (exact) mass is 347 g/mol. The molecule has 2 rings (SSSR count). The number of nitrogens with zero attached hydrogens (tertiary/aromatic N) is 1. The Morgan fingerprint density at radius 2 is 1.75 bits per heavy atom. The Kier molecular flexibility index (Phi) is 6.42. The van der Waals surface area contributed by atoms with E-state index >= 15 is 0 Å². The predicted molar refractivity (Wildman–Crippen MR) is 89.4 cm³/mol. The number of hydrogen-bond acceptors (Lipinski definition) is 4. The highest BCUT2D eigenvalue weighted by Gasteiger charge is 2.43. The Morgan fingerprint density at radius 3 is 2.29 bits per heavy atom. The Morgan fingerprint density at radius 1 is 1.17 bits per heavy atom. The standard InChI is InChI=1S/C17H31F2N3O2/c1-16(2,3)24-15(23)21-14-6-4-13(5-7-14)17(18,19)12-22-10-8-20-9-11-22/h13-14,20H,4-12H2,1-3H3,(H,21,23). The van der Waals surface area contributed by atoms with Crippen molar-refractivity contribution in [3.63, 3.8) is 0 Å². The number of carbonyl (C=O) groups excluding carboxylic acids is 1. The van der Waals surface area contributed by atoms with Gasteiger partial charge in [-0.05, 0) is 46.5 Å². The van der Waals surface area contributed by atoms with E-state index < -0.39 is 23.5 Å². The lowest BCUT2D eigenvalue weighted by molar-refractivity contribution is -0.0955. The van der Waals surface area contributed by atoms with Gasteiger partial charge in [0.2, 0.25) is 0 Å². The Labute approximate surface area is 143 Å². The molecular weight excluding hydrogens is 316 g/mol. The largest absolute Gasteiger partial charge is 0.444 e. The van der Waals surface area contributed by atoms with Gasteiger partial charge in [-0.3, -0.25) is 4.90 Å². The summed E-state index contributed by atoms with van der Waals surface area (Å²) in [7, 11) is 0. The molecule has 2 N–H and O–H groups in total. The zero-order valence-electron chi connectivity index (χ0n) is 15.0. The summed E-state index contributed by atoms with van der Waals surface area (Å²) in [6.07, 6.45) is 1.60. The quantitative estimate of drug-likeness (QED) is 0.821. The van der Waals surface area contributed by atoms with Gasteiger partial charge in [0.25, 0.3) is 5.92 Å². The van der Waals surface area contributed by atoms with Crippen molar-refractivity contribution < 1.29 is 18.3 Å². The normalized spacial score (nSPS) is 26.9. The summed E-state index contributed by atoms with van der Waals surface area (Å²) < 4.78 is 34.3. The number of carbonyl (C=O) groups is 1. The molecule has 1 amide bonds. The van der Waals surface area contributed by atoms with Crippen LogP contribution >= 0.6 is 0 Å². The zero-order valence-corrected chi connectivity index (χ0v) is 15.0. The van der Waals surface area contributed by atoms with E-state index in [1.54, 1.807) is 20.8 Å². The van der Waals surface area contributed by atoms with E-state index in [0.717, 1.165) is 13.1 Å². The number of amides is 1. The van der Waals surface area contributed by atoms with Crippen LogP contribution in [0.1, 0.15) is 46.5 Å². The third-order valence-corrected chi connectivity index (χ3v) is 4.69. The van der Waals surface area contributed by atoms with E-state index in [2.05, 4.69) is 10.6 Å². The molecule has 5 nitrogen and oxygen atoms in total. The summed E-state index contributed by atoms with van der Waals surface area (Å²) in [6.45, 7) is 8.20. The number of alkyl halides is 2. The zero-order chi connectivity index (χ0) is 17.8. The molecule has 1 saturated heterocycles. The van der Waals surface area contributed by atoms with Crippen molar-refractivity contribution in [1.82, 2.24) is 15.5 Å². The number of alkyl carbamates (subject to hydrolysis) is 1. The first-order valence-corrected chi connectivity index (χ1v) is 8.96. The first kappa shape index (κ1) is 19.4. The number of piperazine rings is 1. The van der Waals surface area contributed by atoms with Crippen molar-refractivity contribution in [1.29, 1.82) is 0 Å². The van der Waals surface area contributed by atoms with Crippen LogP contribution in [0.2, 0.25) is 0 Å². The van der Waals surface area contributed by atoms with E-state index in [1.807, 2.05) is 4.90 Å². The Balaban J connectivity index is 1.75. The summed E-state index contributed by atoms with van der Waals surface area (Å²) in [6, 6.07) is -0.0638. The summed E-state index contributed by atoms with van der Waals surface area (Å²) in [4.78, 5) is 13.6. The number of rotatable bonds is 4. The predicted octanol–water partition coefficient (Wildman–Crippen LogP) is 2.61. The molecule has 2 aliphatic rings. The van der Waals surface area contributed by atoms with Crippen LogP contribution in [0.25, 0.3) is 0 Å². The van der Waals surface area contributed by atoms with Crippen LogP contribution in [0.4, 0.5) is 13.6 Å². The summed E-state index contributed by atoms with van der Waals surface area (Å²) in [5, 5.41) is 5.99. The van der Waals surface area contributed by atoms with Crippen LogP contribution in [0.3, 0.4) is 0 Å². The second-order valence-electron chi connectivity index (χ2n) is 7.98. The molecule has 0 aromatic carbocycles. The van der Waals surface area contributed by atoms with Gasteiger partial charge in [-0.1, -0.05) is 0 Å². The first-order valence-electron chi connectivity index (χ1n) is 8.96. The molecule has 0 aromatic rings. The maximum Gasteiger partial charge on any atom is 0.407 e. The van der Waals surface area contributed by atoms with Crippen molar-refractivity contribution in [3.8, 4) is 0 Å². The molecule has 7 heteroatoms. The van der Waals surface area contributed by atoms with Gasteiger partial charge >= 0.3 is 6.09 Å². The van der Waals surface area contributed by atoms with E-state index in [9.17, 15) is 13.6 Å². The van der Waals surface area contributed by atoms with E-state index in [1.165, 1.54) is 0 Å². The van der Waals surface area contributed by atoms with Crippen molar-refractivity contribution >= 4 is 6.09 Å². The molecule has 0 atom stereocenters. The fourth-order valence-electron chi connectivity index (χ4n) is 3.43. The number of hydrogen-bond donors (Lipinski definition) is 2. The molecule has 1 aliphatic carbocycles. The third kappa shape index (κ3) is 6.16. The fraction of sp³-hybridized carbons (Fsp3) is 0.941. The van der Waals surface area contributed by atoms with Gasteiger partial charge in [0.05, 0.1) is 6.54 Å². The topological polar surface area (TPSA) is 53.6 Å². The smallest absolute Gasteiger partial charge is 0.407 e. The Hall–Kier alpha value is -0.950. The highest BCUT2D eigenvalue weighted by Crippen LogP contribution is 2.37. The van der Waals surface area contributed by atoms with Gasteiger partial charge in [-0.25, -0.2) is 13.6 Å². The van der Waals surface area contributed by atoms with E-state index in [4.69, 9.17) is 4.74 Å². The molecule has 0 aromatic heterocycles. The molecule has 0 radical (unpaired) electrons. The summed E-state index contributed by atoms with van der Waals surface area (Å²) >= 11 is 0. The molecule has 1 aliphatic heterocycles. The average molecular weight is 347 g/mol. The van der Waals surface area contributed by atoms with E-state index in [0.29, 0.717) is 38.8 Å². The van der Waals surface area contributed by atoms with Gasteiger partial charge in [0, 0.05) is 38.1 Å². The van der Waals surface area contributed by atoms with Gasteiger partial charge in [-0.15, -0.1) is 0 Å². The highest BCUT2D eigenvalue weighted by atomic mass is 19.3. The molecule has 0 unspecified atom stereocenters. The molecular formula is C17H31F2N3O2. The lowest BCUT2D eigenvalue weighted by Gasteiger charge is -2.37. The minimum atomic E-state index is -2.66. The molecule has 1 heterocycles. The summed E-state index contributed by atoms with van der Waals surface area (Å²) in [5.41, 5.74) is -0.544. The van der Waals surface area contributed by atoms with Crippen molar-refractivity contribution in [2.75, 3.05) is 32.7 Å². The van der Waals surface area contributed by atoms with Crippen LogP contribution in [0.5, 0.6) is 0 Å². The molecule has 2 fully saturated rings. The summed E-state index contributed by atoms with van der Waals surface area (Å²) in [5.74, 6) is -3.25. The average Bonchev–Trinajstić information content (AvgIpc) is 2.46. The first-order chi connectivity index (χ1) is 11.2. The van der Waals surface area contributed by atoms with Gasteiger partial charge in [-0.2, -0.15) is 0 Å². The number of nitrogens with one attached hydrogen (secondary N) is 2. The minimum Gasteiger partial charge on any atom is -0.444 e. The third-order valence-electron chi connectivity index (χ3n) is 4.69. The molecule has 1 saturated carbocycles. The van der Waals surface area contributed by atoms with E-state index in [-0.39, 0.29) is 12.6 Å². The van der Waals surface area contributed by atoms with Crippen LogP contribution in [0.15, 0.2) is 0 Å². The molecule has 0 spiro atoms. The maximum atomic E-state index is 14.5. The molecule has 24 heavy (non-hydrogen) atoms. The van der Waals surface area contributed by atoms with Gasteiger partial charge < -0.3 is 15.4 Å². The van der Waals surface area contributed by atoms with Crippen molar-refractivity contribution in [3.05, 3.63) is 0 Å². The van der Waals surface area contributed by atoms with Gasteiger partial charge in [0.15, 0.2) is 0 Å². The van der Waals surface area contributed by atoms with Crippen LogP contribution in [-0.2, 0) is 4.74 Å². The maximum absolute atomic E-state index is 14.5. The second-order valence-corrected chi connectivity index (χ2v) is 7.98. The van der Waals surface area contributed by atoms with Crippen LogP contribution in [-0.4, -0.2) is 61.3 Å². The van der Waals surface area contributed by atoms with Crippen molar-refractivity contribution in [2.24, 2.45) is 5.92 Å². The lowest BCUT2D eigenvalue weighted by Crippen LogP contribution is -2.51. The second kappa shape index (κ2) is 7.95. The highest BCUT2D eigenvalue weighted by molar-refractivity contribution is 5.68. The fourth-order valence-corrected chi connectivity index (χ4v) is 3.43. The molecule has 140 valence electrons. The number of ether oxygens (including phenoxy) is 1. The van der Waals surface area contributed by atoms with Crippen LogP contribution < -0.4 is 10.6 Å². The Bertz CT molecular complexity index is 413. The SMILES string of the molecule is CC(C)(C)OC(=O)NC1CCC(C(F)(F)CN2CCNCC2)CC1. The van der Waals surface area contributed by atoms with Gasteiger partial charge in [0.1, 0.15) is 5.60 Å². The molecule has 0 bridgehead atoms. The lowest BCUT2D eigenvalue weighted by atomic mass is 9.82. The number of halogens is 2. The van der Waals surface area contributed by atoms with Crippen molar-refractivity contribution in [2.45, 2.75) is 64.0 Å². The van der Waals surface area contributed by atoms with Crippen LogP contribution in [0, 0.1) is 5.92 Å².